The fourth-order valence-electron chi connectivity index (χ4n) is 1.04. The summed E-state index contributed by atoms with van der Waals surface area (Å²) in [6, 6.07) is 0. The minimum Gasteiger partial charge on any atom is -0.111 e. The Bertz CT molecular complexity index is 67.5. The molecular weight excluding hydrogens is 224 g/mol. The minimum atomic E-state index is 1.20. The molecule has 74 valence electrons. The molecule has 0 N–H and O–H groups in total. The Morgan fingerprint density at radius 1 is 0.583 bits per heavy atom. The number of thiol groups is 2. The van der Waals surface area contributed by atoms with Gasteiger partial charge < -0.3 is 0 Å². The van der Waals surface area contributed by atoms with Crippen molar-refractivity contribution in [2.24, 2.45) is 0 Å². The predicted octanol–water partition coefficient (Wildman–Crippen LogP) is 4.48. The number of hydrogen-bond acceptors (Lipinski definition) is 4. The monoisotopic (exact) mass is 242 g/mol. The van der Waals surface area contributed by atoms with E-state index in [0.29, 0.717) is 0 Å². The third-order valence-electron chi connectivity index (χ3n) is 1.72. The third-order valence-corrected chi connectivity index (χ3v) is 3.76. The molecule has 0 aromatic heterocycles. The average Bonchev–Trinajstić information content (AvgIpc) is 2.10. The van der Waals surface area contributed by atoms with Crippen LogP contribution in [0.15, 0.2) is 0 Å². The van der Waals surface area contributed by atoms with Gasteiger partial charge in [-0.1, -0.05) is 47.3 Å². The molecule has 0 heterocycles. The van der Waals surface area contributed by atoms with E-state index < -0.39 is 0 Å². The van der Waals surface area contributed by atoms with Crippen LogP contribution < -0.4 is 0 Å². The maximum atomic E-state index is 4.10. The molecule has 0 aliphatic heterocycles. The van der Waals surface area contributed by atoms with Crippen molar-refractivity contribution in [3.8, 4) is 0 Å². The van der Waals surface area contributed by atoms with Crippen molar-refractivity contribution in [1.82, 2.24) is 0 Å². The van der Waals surface area contributed by atoms with Crippen molar-refractivity contribution in [3.63, 3.8) is 0 Å². The maximum absolute atomic E-state index is 4.10. The van der Waals surface area contributed by atoms with Gasteiger partial charge in [-0.25, -0.2) is 0 Å². The number of hydrogen-bond donors (Lipinski definition) is 2. The Morgan fingerprint density at radius 3 is 1.25 bits per heavy atom. The van der Waals surface area contributed by atoms with Gasteiger partial charge >= 0.3 is 0 Å². The van der Waals surface area contributed by atoms with Crippen LogP contribution in [-0.4, -0.2) is 11.5 Å². The van der Waals surface area contributed by atoms with E-state index in [0.717, 1.165) is 0 Å². The zero-order chi connectivity index (χ0) is 9.07. The normalized spacial score (nSPS) is 10.5. The van der Waals surface area contributed by atoms with Crippen LogP contribution in [0.2, 0.25) is 0 Å². The first kappa shape index (κ1) is 13.4. The zero-order valence-corrected chi connectivity index (χ0v) is 10.8. The molecule has 0 aromatic carbocycles. The topological polar surface area (TPSA) is 0 Å². The highest BCUT2D eigenvalue weighted by molar-refractivity contribution is 8.68. The summed E-state index contributed by atoms with van der Waals surface area (Å²) in [7, 11) is 3.31. The van der Waals surface area contributed by atoms with Crippen molar-refractivity contribution in [1.29, 1.82) is 0 Å². The van der Waals surface area contributed by atoms with Gasteiger partial charge in [0.05, 0.1) is 0 Å². The summed E-state index contributed by atoms with van der Waals surface area (Å²) in [5, 5.41) is 0. The molecular formula is C8H18S4. The summed E-state index contributed by atoms with van der Waals surface area (Å²) in [6.45, 7) is 0. The smallest absolute Gasteiger partial charge is 0.00345 e. The van der Waals surface area contributed by atoms with Crippen molar-refractivity contribution in [2.45, 2.75) is 38.5 Å². The van der Waals surface area contributed by atoms with E-state index in [1.54, 1.807) is 21.6 Å². The van der Waals surface area contributed by atoms with Gasteiger partial charge in [-0.05, 0) is 12.8 Å². The molecule has 0 amide bonds. The molecule has 0 nitrogen and oxygen atoms in total. The first-order chi connectivity index (χ1) is 5.91. The van der Waals surface area contributed by atoms with E-state index in [4.69, 9.17) is 0 Å². The fraction of sp³-hybridized carbons (Fsp3) is 1.00. The molecule has 0 unspecified atom stereocenters. The van der Waals surface area contributed by atoms with Crippen LogP contribution in [0.1, 0.15) is 38.5 Å². The van der Waals surface area contributed by atoms with Gasteiger partial charge in [-0.15, -0.1) is 23.3 Å². The molecule has 0 spiro atoms. The van der Waals surface area contributed by atoms with Crippen molar-refractivity contribution in [2.75, 3.05) is 11.5 Å². The van der Waals surface area contributed by atoms with Gasteiger partial charge in [-0.3, -0.25) is 0 Å². The second-order valence-corrected chi connectivity index (χ2v) is 5.67. The highest BCUT2D eigenvalue weighted by Gasteiger charge is 1.90. The summed E-state index contributed by atoms with van der Waals surface area (Å²) in [4.78, 5) is 0. The lowest BCUT2D eigenvalue weighted by molar-refractivity contribution is 0.630. The molecule has 0 saturated carbocycles. The molecule has 0 fully saturated rings. The summed E-state index contributed by atoms with van der Waals surface area (Å²) < 4.78 is 0. The molecule has 0 atom stereocenters. The molecule has 12 heavy (non-hydrogen) atoms. The van der Waals surface area contributed by atoms with Crippen LogP contribution in [0.3, 0.4) is 0 Å². The Morgan fingerprint density at radius 2 is 0.917 bits per heavy atom. The quantitative estimate of drug-likeness (QED) is 0.347. The SMILES string of the molecule is SSCCCCCCCCSS. The molecule has 0 bridgehead atoms. The highest BCUT2D eigenvalue weighted by Crippen LogP contribution is 2.13. The molecule has 0 saturated heterocycles. The van der Waals surface area contributed by atoms with Crippen LogP contribution in [0, 0.1) is 0 Å². The molecule has 0 aromatic rings. The number of rotatable bonds is 9. The summed E-state index contributed by atoms with van der Waals surface area (Å²) in [5.74, 6) is 2.41. The lowest BCUT2D eigenvalue weighted by Crippen LogP contribution is -1.82. The van der Waals surface area contributed by atoms with Crippen LogP contribution in [-0.2, 0) is 0 Å². The van der Waals surface area contributed by atoms with Gasteiger partial charge in [0.25, 0.3) is 0 Å². The maximum Gasteiger partial charge on any atom is 0.00345 e. The van der Waals surface area contributed by atoms with Gasteiger partial charge in [0.1, 0.15) is 0 Å². The Balaban J connectivity index is 2.73. The molecule has 0 aliphatic rings. The van der Waals surface area contributed by atoms with E-state index in [2.05, 4.69) is 23.3 Å². The van der Waals surface area contributed by atoms with E-state index in [9.17, 15) is 0 Å². The second-order valence-electron chi connectivity index (χ2n) is 2.79. The van der Waals surface area contributed by atoms with Gasteiger partial charge in [0.2, 0.25) is 0 Å². The van der Waals surface area contributed by atoms with Crippen molar-refractivity contribution in [3.05, 3.63) is 0 Å². The first-order valence-corrected chi connectivity index (χ1v) is 8.52. The lowest BCUT2D eigenvalue weighted by Gasteiger charge is -1.99. The fourth-order valence-corrected chi connectivity index (χ4v) is 2.48. The van der Waals surface area contributed by atoms with E-state index in [1.165, 1.54) is 50.0 Å². The van der Waals surface area contributed by atoms with Crippen LogP contribution in [0.4, 0.5) is 0 Å². The summed E-state index contributed by atoms with van der Waals surface area (Å²) in [5.41, 5.74) is 0. The number of unbranched alkanes of at least 4 members (excludes halogenated alkanes) is 5. The van der Waals surface area contributed by atoms with Crippen LogP contribution in [0.5, 0.6) is 0 Å². The molecule has 0 radical (unpaired) electrons. The third kappa shape index (κ3) is 11.4. The van der Waals surface area contributed by atoms with Crippen LogP contribution >= 0.6 is 44.9 Å². The molecule has 4 heteroatoms. The van der Waals surface area contributed by atoms with Crippen LogP contribution in [0.25, 0.3) is 0 Å². The van der Waals surface area contributed by atoms with E-state index >= 15 is 0 Å². The second kappa shape index (κ2) is 12.4. The highest BCUT2D eigenvalue weighted by atomic mass is 33.1. The average molecular weight is 242 g/mol. The first-order valence-electron chi connectivity index (χ1n) is 4.44. The van der Waals surface area contributed by atoms with Gasteiger partial charge in [-0.2, -0.15) is 0 Å². The van der Waals surface area contributed by atoms with Gasteiger partial charge in [0.15, 0.2) is 0 Å². The van der Waals surface area contributed by atoms with E-state index in [1.807, 2.05) is 0 Å². The van der Waals surface area contributed by atoms with Crippen molar-refractivity contribution < 1.29 is 0 Å². The Labute approximate surface area is 94.7 Å². The Kier molecular flexibility index (Phi) is 13.8. The summed E-state index contributed by atoms with van der Waals surface area (Å²) >= 11 is 8.19. The lowest BCUT2D eigenvalue weighted by atomic mass is 10.1. The summed E-state index contributed by atoms with van der Waals surface area (Å²) in [6.07, 6.45) is 8.20. The van der Waals surface area contributed by atoms with Crippen molar-refractivity contribution >= 4 is 44.9 Å². The largest absolute Gasteiger partial charge is 0.111 e. The van der Waals surface area contributed by atoms with Gasteiger partial charge in [0, 0.05) is 11.5 Å². The Hall–Kier alpha value is 1.40. The molecule has 0 aliphatic carbocycles. The standard InChI is InChI=1S/C8H18S4/c9-11-7-5-3-1-2-4-6-8-12-10/h9-10H,1-8H2. The minimum absolute atomic E-state index is 1.20. The predicted molar refractivity (Wildman–Crippen MR) is 70.6 cm³/mol. The molecule has 0 rings (SSSR count). The zero-order valence-electron chi connectivity index (χ0n) is 7.37. The van der Waals surface area contributed by atoms with E-state index in [-0.39, 0.29) is 0 Å².